The van der Waals surface area contributed by atoms with Crippen LogP contribution in [0, 0.1) is 0 Å². The van der Waals surface area contributed by atoms with Crippen molar-refractivity contribution in [2.75, 3.05) is 4.90 Å². The Balaban J connectivity index is 2.04. The standard InChI is InChI=1S/C14H25N3S/c1-5-12-7-6-11(4)17(12)14-16-9-13(18-14)8-15-10(2)3/h9-12,15H,5-8H2,1-4H3. The summed E-state index contributed by atoms with van der Waals surface area (Å²) in [5.74, 6) is 0. The summed E-state index contributed by atoms with van der Waals surface area (Å²) in [4.78, 5) is 8.50. The molecule has 0 spiro atoms. The van der Waals surface area contributed by atoms with E-state index < -0.39 is 0 Å². The monoisotopic (exact) mass is 267 g/mol. The van der Waals surface area contributed by atoms with Gasteiger partial charge in [0.2, 0.25) is 0 Å². The van der Waals surface area contributed by atoms with Gasteiger partial charge in [0.05, 0.1) is 0 Å². The highest BCUT2D eigenvalue weighted by Crippen LogP contribution is 2.34. The Morgan fingerprint density at radius 1 is 1.50 bits per heavy atom. The van der Waals surface area contributed by atoms with Gasteiger partial charge in [-0.05, 0) is 26.2 Å². The van der Waals surface area contributed by atoms with Crippen LogP contribution >= 0.6 is 11.3 Å². The quantitative estimate of drug-likeness (QED) is 0.886. The number of nitrogens with one attached hydrogen (secondary N) is 1. The topological polar surface area (TPSA) is 28.2 Å². The van der Waals surface area contributed by atoms with Crippen molar-refractivity contribution >= 4 is 16.5 Å². The zero-order valence-electron chi connectivity index (χ0n) is 11.9. The van der Waals surface area contributed by atoms with Crippen LogP contribution in [-0.2, 0) is 6.54 Å². The SMILES string of the molecule is CCC1CCC(C)N1c1ncc(CNC(C)C)s1. The van der Waals surface area contributed by atoms with Crippen LogP contribution in [-0.4, -0.2) is 23.1 Å². The molecule has 18 heavy (non-hydrogen) atoms. The van der Waals surface area contributed by atoms with E-state index in [0.29, 0.717) is 18.1 Å². The fourth-order valence-electron chi connectivity index (χ4n) is 2.62. The maximum absolute atomic E-state index is 4.63. The zero-order valence-corrected chi connectivity index (χ0v) is 12.8. The van der Waals surface area contributed by atoms with Crippen molar-refractivity contribution < 1.29 is 0 Å². The lowest BCUT2D eigenvalue weighted by molar-refractivity contribution is 0.593. The molecule has 0 aromatic carbocycles. The van der Waals surface area contributed by atoms with Crippen molar-refractivity contribution in [3.63, 3.8) is 0 Å². The third kappa shape index (κ3) is 3.04. The lowest BCUT2D eigenvalue weighted by Gasteiger charge is -2.27. The summed E-state index contributed by atoms with van der Waals surface area (Å²) in [5.41, 5.74) is 0. The number of anilines is 1. The Bertz CT molecular complexity index is 375. The van der Waals surface area contributed by atoms with Gasteiger partial charge in [-0.3, -0.25) is 0 Å². The predicted octanol–water partition coefficient (Wildman–Crippen LogP) is 3.41. The minimum absolute atomic E-state index is 0.532. The minimum Gasteiger partial charge on any atom is -0.342 e. The van der Waals surface area contributed by atoms with Gasteiger partial charge >= 0.3 is 0 Å². The highest BCUT2D eigenvalue weighted by molar-refractivity contribution is 7.15. The maximum atomic E-state index is 4.63. The number of thiazole rings is 1. The molecule has 3 nitrogen and oxygen atoms in total. The summed E-state index contributed by atoms with van der Waals surface area (Å²) < 4.78 is 0. The van der Waals surface area contributed by atoms with Crippen LogP contribution in [0.1, 0.15) is 51.8 Å². The Morgan fingerprint density at radius 2 is 2.28 bits per heavy atom. The second-order valence-electron chi connectivity index (χ2n) is 5.54. The average Bonchev–Trinajstić information content (AvgIpc) is 2.92. The molecule has 2 heterocycles. The molecule has 0 saturated carbocycles. The number of hydrogen-bond acceptors (Lipinski definition) is 4. The number of nitrogens with zero attached hydrogens (tertiary/aromatic N) is 2. The summed E-state index contributed by atoms with van der Waals surface area (Å²) in [6.07, 6.45) is 5.88. The van der Waals surface area contributed by atoms with Crippen molar-refractivity contribution in [3.05, 3.63) is 11.1 Å². The van der Waals surface area contributed by atoms with Crippen LogP contribution in [0.2, 0.25) is 0 Å². The highest BCUT2D eigenvalue weighted by atomic mass is 32.1. The van der Waals surface area contributed by atoms with E-state index in [1.807, 2.05) is 17.5 Å². The summed E-state index contributed by atoms with van der Waals surface area (Å²) >= 11 is 1.85. The van der Waals surface area contributed by atoms with E-state index in [0.717, 1.165) is 6.54 Å². The third-order valence-electron chi connectivity index (χ3n) is 3.70. The second-order valence-corrected chi connectivity index (χ2v) is 6.63. The summed E-state index contributed by atoms with van der Waals surface area (Å²) in [6.45, 7) is 9.90. The Labute approximate surface area is 115 Å². The molecule has 0 aliphatic carbocycles. The normalized spacial score (nSPS) is 24.2. The predicted molar refractivity (Wildman–Crippen MR) is 79.3 cm³/mol. The van der Waals surface area contributed by atoms with Gasteiger partial charge in [-0.2, -0.15) is 0 Å². The zero-order chi connectivity index (χ0) is 13.1. The third-order valence-corrected chi connectivity index (χ3v) is 4.71. The van der Waals surface area contributed by atoms with Gasteiger partial charge in [0.1, 0.15) is 0 Å². The van der Waals surface area contributed by atoms with Crippen molar-refractivity contribution in [2.45, 2.75) is 71.6 Å². The van der Waals surface area contributed by atoms with Crippen molar-refractivity contribution in [1.29, 1.82) is 0 Å². The van der Waals surface area contributed by atoms with Gasteiger partial charge < -0.3 is 10.2 Å². The Kier molecular flexibility index (Phi) is 4.62. The molecular weight excluding hydrogens is 242 g/mol. The Hall–Kier alpha value is -0.610. The van der Waals surface area contributed by atoms with Crippen LogP contribution < -0.4 is 10.2 Å². The van der Waals surface area contributed by atoms with E-state index in [-0.39, 0.29) is 0 Å². The van der Waals surface area contributed by atoms with Gasteiger partial charge in [-0.15, -0.1) is 11.3 Å². The first-order chi connectivity index (χ1) is 8.61. The van der Waals surface area contributed by atoms with E-state index in [1.165, 1.54) is 29.3 Å². The minimum atomic E-state index is 0.532. The molecule has 1 aromatic heterocycles. The first kappa shape index (κ1) is 13.8. The molecule has 2 unspecified atom stereocenters. The summed E-state index contributed by atoms with van der Waals surface area (Å²) in [5, 5.41) is 4.67. The van der Waals surface area contributed by atoms with Gasteiger partial charge in [0.15, 0.2) is 5.13 Å². The number of rotatable bonds is 5. The molecular formula is C14H25N3S. The summed E-state index contributed by atoms with van der Waals surface area (Å²) in [6, 6.07) is 1.87. The maximum Gasteiger partial charge on any atom is 0.186 e. The van der Waals surface area contributed by atoms with E-state index in [2.05, 4.69) is 42.9 Å². The van der Waals surface area contributed by atoms with Gasteiger partial charge in [-0.25, -0.2) is 4.98 Å². The van der Waals surface area contributed by atoms with E-state index >= 15 is 0 Å². The molecule has 1 fully saturated rings. The van der Waals surface area contributed by atoms with Crippen LogP contribution in [0.4, 0.5) is 5.13 Å². The molecule has 4 heteroatoms. The summed E-state index contributed by atoms with van der Waals surface area (Å²) in [7, 11) is 0. The van der Waals surface area contributed by atoms with Crippen LogP contribution in [0.25, 0.3) is 0 Å². The average molecular weight is 267 g/mol. The molecule has 1 aliphatic rings. The van der Waals surface area contributed by atoms with Gasteiger partial charge in [0, 0.05) is 35.7 Å². The molecule has 0 amide bonds. The van der Waals surface area contributed by atoms with Crippen molar-refractivity contribution in [2.24, 2.45) is 0 Å². The van der Waals surface area contributed by atoms with E-state index in [1.54, 1.807) is 0 Å². The fourth-order valence-corrected chi connectivity index (χ4v) is 3.66. The van der Waals surface area contributed by atoms with E-state index in [4.69, 9.17) is 0 Å². The lowest BCUT2D eigenvalue weighted by Crippen LogP contribution is -2.33. The molecule has 1 aromatic rings. The van der Waals surface area contributed by atoms with Crippen LogP contribution in [0.15, 0.2) is 6.20 Å². The molecule has 2 atom stereocenters. The molecule has 0 bridgehead atoms. The van der Waals surface area contributed by atoms with Crippen LogP contribution in [0.3, 0.4) is 0 Å². The molecule has 1 N–H and O–H groups in total. The van der Waals surface area contributed by atoms with Crippen LogP contribution in [0.5, 0.6) is 0 Å². The molecule has 1 saturated heterocycles. The smallest absolute Gasteiger partial charge is 0.186 e. The second kappa shape index (κ2) is 6.02. The van der Waals surface area contributed by atoms with Gasteiger partial charge in [0.25, 0.3) is 0 Å². The van der Waals surface area contributed by atoms with Crippen molar-refractivity contribution in [3.8, 4) is 0 Å². The van der Waals surface area contributed by atoms with Crippen molar-refractivity contribution in [1.82, 2.24) is 10.3 Å². The largest absolute Gasteiger partial charge is 0.342 e. The molecule has 0 radical (unpaired) electrons. The highest BCUT2D eigenvalue weighted by Gasteiger charge is 2.31. The Morgan fingerprint density at radius 3 is 2.94 bits per heavy atom. The van der Waals surface area contributed by atoms with E-state index in [9.17, 15) is 0 Å². The number of aromatic nitrogens is 1. The molecule has 102 valence electrons. The molecule has 2 rings (SSSR count). The van der Waals surface area contributed by atoms with Gasteiger partial charge in [-0.1, -0.05) is 20.8 Å². The first-order valence-electron chi connectivity index (χ1n) is 7.08. The fraction of sp³-hybridized carbons (Fsp3) is 0.786. The lowest BCUT2D eigenvalue weighted by atomic mass is 10.2. The molecule has 1 aliphatic heterocycles. The number of hydrogen-bond donors (Lipinski definition) is 1. The first-order valence-corrected chi connectivity index (χ1v) is 7.89.